The van der Waals surface area contributed by atoms with Crippen molar-refractivity contribution in [1.82, 2.24) is 9.47 Å². The minimum absolute atomic E-state index is 0.0423. The first-order valence-electron chi connectivity index (χ1n) is 11.4. The number of nitrogens with zero attached hydrogens (tertiary/aromatic N) is 2. The Hall–Kier alpha value is -2.99. The second-order valence-corrected chi connectivity index (χ2v) is 8.68. The van der Waals surface area contributed by atoms with Crippen LogP contribution >= 0.6 is 0 Å². The van der Waals surface area contributed by atoms with Crippen molar-refractivity contribution in [3.05, 3.63) is 81.7 Å². The van der Waals surface area contributed by atoms with E-state index in [-0.39, 0.29) is 17.4 Å². The number of ether oxygens (including phenoxy) is 1. The van der Waals surface area contributed by atoms with Crippen LogP contribution in [0.2, 0.25) is 0 Å². The van der Waals surface area contributed by atoms with Crippen molar-refractivity contribution < 1.29 is 14.3 Å². The van der Waals surface area contributed by atoms with Crippen LogP contribution in [-0.4, -0.2) is 34.3 Å². The number of aromatic nitrogens is 1. The molecule has 3 aromatic rings. The lowest BCUT2D eigenvalue weighted by atomic mass is 9.92. The van der Waals surface area contributed by atoms with Gasteiger partial charge in [0.25, 0.3) is 5.56 Å². The summed E-state index contributed by atoms with van der Waals surface area (Å²) in [7, 11) is 0. The summed E-state index contributed by atoms with van der Waals surface area (Å²) in [6.07, 6.45) is 3.75. The molecule has 0 amide bonds. The van der Waals surface area contributed by atoms with E-state index in [9.17, 15) is 9.90 Å². The normalized spacial score (nSPS) is 16.2. The Morgan fingerprint density at radius 1 is 1.19 bits per heavy atom. The van der Waals surface area contributed by atoms with Crippen molar-refractivity contribution in [2.45, 2.75) is 46.2 Å². The highest BCUT2D eigenvalue weighted by Gasteiger charge is 2.31. The van der Waals surface area contributed by atoms with Crippen LogP contribution in [0.5, 0.6) is 11.5 Å². The molecule has 0 radical (unpaired) electrons. The molecule has 0 unspecified atom stereocenters. The molecule has 170 valence electrons. The van der Waals surface area contributed by atoms with Crippen molar-refractivity contribution in [2.24, 2.45) is 5.92 Å². The number of aromatic hydroxyl groups is 1. The smallest absolute Gasteiger partial charge is 0.260 e. The van der Waals surface area contributed by atoms with Crippen LogP contribution in [0.1, 0.15) is 55.3 Å². The molecule has 3 heterocycles. The van der Waals surface area contributed by atoms with E-state index >= 15 is 0 Å². The molecule has 4 rings (SSSR count). The third-order valence-electron chi connectivity index (χ3n) is 6.38. The monoisotopic (exact) mass is 436 g/mol. The number of aryl methyl sites for hydroxylation is 1. The van der Waals surface area contributed by atoms with Gasteiger partial charge in [0, 0.05) is 5.69 Å². The molecule has 0 aliphatic carbocycles. The van der Waals surface area contributed by atoms with E-state index in [2.05, 4.69) is 11.8 Å². The first-order valence-corrected chi connectivity index (χ1v) is 11.4. The predicted molar refractivity (Wildman–Crippen MR) is 124 cm³/mol. The number of pyridine rings is 1. The predicted octanol–water partition coefficient (Wildman–Crippen LogP) is 4.72. The van der Waals surface area contributed by atoms with Gasteiger partial charge in [0.2, 0.25) is 0 Å². The summed E-state index contributed by atoms with van der Waals surface area (Å²) in [5.41, 5.74) is 1.91. The number of likely N-dealkylation sites (tertiary alicyclic amines) is 1. The highest BCUT2D eigenvalue weighted by Crippen LogP contribution is 2.36. The lowest BCUT2D eigenvalue weighted by molar-refractivity contribution is 0.154. The zero-order valence-corrected chi connectivity index (χ0v) is 19.1. The first-order chi connectivity index (χ1) is 15.5. The number of rotatable bonds is 7. The summed E-state index contributed by atoms with van der Waals surface area (Å²) < 4.78 is 12.8. The van der Waals surface area contributed by atoms with Crippen LogP contribution in [0.25, 0.3) is 0 Å². The molecule has 6 heteroatoms. The van der Waals surface area contributed by atoms with Crippen molar-refractivity contribution in [2.75, 3.05) is 19.7 Å². The van der Waals surface area contributed by atoms with Crippen LogP contribution < -0.4 is 10.3 Å². The van der Waals surface area contributed by atoms with E-state index in [0.717, 1.165) is 37.2 Å². The molecule has 0 spiro atoms. The maximum Gasteiger partial charge on any atom is 0.260 e. The highest BCUT2D eigenvalue weighted by atomic mass is 16.5. The van der Waals surface area contributed by atoms with Crippen molar-refractivity contribution >= 4 is 0 Å². The molecule has 1 atom stereocenters. The van der Waals surface area contributed by atoms with E-state index in [0.29, 0.717) is 36.1 Å². The molecule has 0 saturated carbocycles. The van der Waals surface area contributed by atoms with Gasteiger partial charge in [-0.2, -0.15) is 0 Å². The van der Waals surface area contributed by atoms with E-state index in [1.807, 2.05) is 50.2 Å². The Morgan fingerprint density at radius 3 is 2.53 bits per heavy atom. The van der Waals surface area contributed by atoms with Crippen molar-refractivity contribution in [3.8, 4) is 11.5 Å². The van der Waals surface area contributed by atoms with Gasteiger partial charge in [0.15, 0.2) is 0 Å². The number of piperidine rings is 1. The Morgan fingerprint density at radius 2 is 1.91 bits per heavy atom. The molecule has 1 N–H and O–H groups in total. The molecular formula is C26H32N2O4. The van der Waals surface area contributed by atoms with Gasteiger partial charge in [0.05, 0.1) is 31.0 Å². The number of hydrogen-bond acceptors (Lipinski definition) is 5. The van der Waals surface area contributed by atoms with E-state index in [4.69, 9.17) is 9.15 Å². The van der Waals surface area contributed by atoms with Gasteiger partial charge in [0.1, 0.15) is 17.3 Å². The molecule has 0 bridgehead atoms. The molecule has 6 nitrogen and oxygen atoms in total. The summed E-state index contributed by atoms with van der Waals surface area (Å²) in [5, 5.41) is 11.0. The molecule has 1 aliphatic heterocycles. The lowest BCUT2D eigenvalue weighted by Crippen LogP contribution is -2.40. The van der Waals surface area contributed by atoms with Gasteiger partial charge in [-0.3, -0.25) is 9.69 Å². The SMILES string of the molecule is CCOc1ccc([C@H](c2c(O)cc(C)n(Cc3ccco3)c2=O)N2CCC(C)CC2)cc1. The largest absolute Gasteiger partial charge is 0.507 e. The Labute approximate surface area is 189 Å². The van der Waals surface area contributed by atoms with Gasteiger partial charge < -0.3 is 18.8 Å². The van der Waals surface area contributed by atoms with Crippen molar-refractivity contribution in [3.63, 3.8) is 0 Å². The first kappa shape index (κ1) is 22.2. The minimum Gasteiger partial charge on any atom is -0.507 e. The summed E-state index contributed by atoms with van der Waals surface area (Å²) in [5.74, 6) is 2.21. The van der Waals surface area contributed by atoms with Crippen LogP contribution in [0.4, 0.5) is 0 Å². The van der Waals surface area contributed by atoms with E-state index < -0.39 is 0 Å². The summed E-state index contributed by atoms with van der Waals surface area (Å²) >= 11 is 0. The number of hydrogen-bond donors (Lipinski definition) is 1. The standard InChI is InChI=1S/C26H32N2O4/c1-4-31-21-9-7-20(8-10-21)25(27-13-11-18(2)12-14-27)24-23(29)16-19(3)28(26(24)30)17-22-6-5-15-32-22/h5-10,15-16,18,25,29H,4,11-14,17H2,1-3H3/t25-/m1/s1. The topological polar surface area (TPSA) is 67.8 Å². The highest BCUT2D eigenvalue weighted by molar-refractivity contribution is 5.42. The lowest BCUT2D eigenvalue weighted by Gasteiger charge is -2.37. The molecule has 1 fully saturated rings. The van der Waals surface area contributed by atoms with Crippen molar-refractivity contribution in [1.29, 1.82) is 0 Å². The van der Waals surface area contributed by atoms with Gasteiger partial charge >= 0.3 is 0 Å². The Kier molecular flexibility index (Phi) is 6.70. The molecule has 1 saturated heterocycles. The van der Waals surface area contributed by atoms with E-state index in [1.54, 1.807) is 16.9 Å². The quantitative estimate of drug-likeness (QED) is 0.580. The molecule has 32 heavy (non-hydrogen) atoms. The Balaban J connectivity index is 1.80. The number of furan rings is 1. The maximum absolute atomic E-state index is 13.7. The van der Waals surface area contributed by atoms with Crippen LogP contribution in [-0.2, 0) is 6.54 Å². The fraction of sp³-hybridized carbons (Fsp3) is 0.423. The van der Waals surface area contributed by atoms with Gasteiger partial charge in [-0.25, -0.2) is 0 Å². The fourth-order valence-corrected chi connectivity index (χ4v) is 4.54. The zero-order chi connectivity index (χ0) is 22.7. The van der Waals surface area contributed by atoms with E-state index in [1.165, 1.54) is 0 Å². The molecule has 2 aromatic heterocycles. The second-order valence-electron chi connectivity index (χ2n) is 8.68. The van der Waals surface area contributed by atoms with Gasteiger partial charge in [-0.15, -0.1) is 0 Å². The summed E-state index contributed by atoms with van der Waals surface area (Å²) in [4.78, 5) is 16.1. The van der Waals surface area contributed by atoms with Crippen LogP contribution in [0.15, 0.2) is 57.9 Å². The number of benzene rings is 1. The third kappa shape index (κ3) is 4.60. The van der Waals surface area contributed by atoms with Gasteiger partial charge in [-0.1, -0.05) is 19.1 Å². The average Bonchev–Trinajstić information content (AvgIpc) is 3.29. The van der Waals surface area contributed by atoms with Crippen LogP contribution in [0.3, 0.4) is 0 Å². The average molecular weight is 437 g/mol. The summed E-state index contributed by atoms with van der Waals surface area (Å²) in [6.45, 7) is 8.75. The molecule has 1 aliphatic rings. The zero-order valence-electron chi connectivity index (χ0n) is 19.1. The van der Waals surface area contributed by atoms with Gasteiger partial charge in [-0.05, 0) is 81.6 Å². The fourth-order valence-electron chi connectivity index (χ4n) is 4.54. The second kappa shape index (κ2) is 9.65. The third-order valence-corrected chi connectivity index (χ3v) is 6.38. The van der Waals surface area contributed by atoms with Crippen LogP contribution in [0, 0.1) is 12.8 Å². The minimum atomic E-state index is -0.325. The summed E-state index contributed by atoms with van der Waals surface area (Å²) in [6, 6.07) is 12.9. The Bertz CT molecular complexity index is 1080. The maximum atomic E-state index is 13.7. The molecule has 1 aromatic carbocycles. The molecular weight excluding hydrogens is 404 g/mol.